The first-order chi connectivity index (χ1) is 10.6. The molecule has 7 nitrogen and oxygen atoms in total. The van der Waals surface area contributed by atoms with Crippen molar-refractivity contribution in [2.75, 3.05) is 5.73 Å². The van der Waals surface area contributed by atoms with Crippen molar-refractivity contribution < 1.29 is 0 Å². The molecule has 108 valence electrons. The highest BCUT2D eigenvalue weighted by Crippen LogP contribution is 2.31. The van der Waals surface area contributed by atoms with Gasteiger partial charge < -0.3 is 11.5 Å². The maximum Gasteiger partial charge on any atom is 0.174 e. The minimum atomic E-state index is -0.0431. The van der Waals surface area contributed by atoms with E-state index in [1.54, 1.807) is 18.3 Å². The van der Waals surface area contributed by atoms with E-state index in [1.807, 2.05) is 24.3 Å². The summed E-state index contributed by atoms with van der Waals surface area (Å²) in [6.45, 7) is 0. The molecule has 0 fully saturated rings. The second kappa shape index (κ2) is 5.57. The van der Waals surface area contributed by atoms with Gasteiger partial charge in [-0.3, -0.25) is 5.41 Å². The molecule has 0 unspecified atom stereocenters. The minimum absolute atomic E-state index is 0.0431. The number of hydrogen-bond donors (Lipinski definition) is 3. The van der Waals surface area contributed by atoms with Gasteiger partial charge in [-0.05, 0) is 12.1 Å². The van der Waals surface area contributed by atoms with Gasteiger partial charge in [0.15, 0.2) is 11.6 Å². The van der Waals surface area contributed by atoms with Gasteiger partial charge in [0, 0.05) is 28.7 Å². The first-order valence-electron chi connectivity index (χ1n) is 6.50. The van der Waals surface area contributed by atoms with Gasteiger partial charge in [-0.25, -0.2) is 9.97 Å². The van der Waals surface area contributed by atoms with Gasteiger partial charge in [-0.15, -0.1) is 10.2 Å². The molecule has 22 heavy (non-hydrogen) atoms. The van der Waals surface area contributed by atoms with Crippen LogP contribution in [0.4, 0.5) is 17.3 Å². The smallest absolute Gasteiger partial charge is 0.174 e. The average Bonchev–Trinajstić information content (AvgIpc) is 2.54. The molecule has 0 saturated carbocycles. The predicted molar refractivity (Wildman–Crippen MR) is 85.6 cm³/mol. The molecule has 2 aromatic heterocycles. The Morgan fingerprint density at radius 1 is 1.00 bits per heavy atom. The molecule has 0 atom stereocenters. The SMILES string of the molecule is N=C(N)c1ccc(N=Nc2c(N)ncc3ccccc23)nc1. The Morgan fingerprint density at radius 3 is 2.55 bits per heavy atom. The van der Waals surface area contributed by atoms with Crippen molar-refractivity contribution in [3.8, 4) is 0 Å². The van der Waals surface area contributed by atoms with Crippen LogP contribution in [0.3, 0.4) is 0 Å². The molecule has 1 aromatic carbocycles. The van der Waals surface area contributed by atoms with E-state index in [0.29, 0.717) is 22.9 Å². The third kappa shape index (κ3) is 2.59. The van der Waals surface area contributed by atoms with E-state index in [9.17, 15) is 0 Å². The van der Waals surface area contributed by atoms with Crippen molar-refractivity contribution in [1.29, 1.82) is 5.41 Å². The highest BCUT2D eigenvalue weighted by Gasteiger charge is 2.06. The second-order valence-electron chi connectivity index (χ2n) is 4.60. The van der Waals surface area contributed by atoms with Gasteiger partial charge in [0.05, 0.1) is 0 Å². The standard InChI is InChI=1S/C15H13N7/c16-14(17)10-5-6-12(19-8-10)21-22-13-11-4-2-1-3-9(11)7-20-15(13)18/h1-8H,(H3,16,17)(H2,18,20). The largest absolute Gasteiger partial charge is 0.384 e. The second-order valence-corrected chi connectivity index (χ2v) is 4.60. The number of nitrogen functional groups attached to an aromatic ring is 2. The molecule has 2 heterocycles. The van der Waals surface area contributed by atoms with Crippen molar-refractivity contribution in [3.63, 3.8) is 0 Å². The Balaban J connectivity index is 1.98. The molecule has 0 saturated heterocycles. The van der Waals surface area contributed by atoms with Crippen LogP contribution < -0.4 is 11.5 Å². The third-order valence-electron chi connectivity index (χ3n) is 3.11. The fourth-order valence-corrected chi connectivity index (χ4v) is 1.97. The molecule has 0 aliphatic heterocycles. The summed E-state index contributed by atoms with van der Waals surface area (Å²) in [5.41, 5.74) is 12.3. The van der Waals surface area contributed by atoms with Gasteiger partial charge in [0.2, 0.25) is 0 Å². The number of benzene rings is 1. The molecule has 0 amide bonds. The highest BCUT2D eigenvalue weighted by molar-refractivity contribution is 5.96. The fraction of sp³-hybridized carbons (Fsp3) is 0. The van der Waals surface area contributed by atoms with Crippen LogP contribution in [0.1, 0.15) is 5.56 Å². The maximum absolute atomic E-state index is 7.32. The lowest BCUT2D eigenvalue weighted by molar-refractivity contribution is 1.15. The number of aromatic nitrogens is 2. The van der Waals surface area contributed by atoms with Crippen molar-refractivity contribution in [3.05, 3.63) is 54.4 Å². The molecule has 3 aromatic rings. The number of anilines is 1. The molecule has 3 rings (SSSR count). The molecule has 0 bridgehead atoms. The molecule has 0 radical (unpaired) electrons. The average molecular weight is 291 g/mol. The van der Waals surface area contributed by atoms with Crippen LogP contribution in [0.25, 0.3) is 10.8 Å². The molecular formula is C15H13N7. The zero-order valence-electron chi connectivity index (χ0n) is 11.6. The molecule has 0 aliphatic carbocycles. The number of nitrogens with two attached hydrogens (primary N) is 2. The van der Waals surface area contributed by atoms with Gasteiger partial charge in [0.1, 0.15) is 11.5 Å². The van der Waals surface area contributed by atoms with E-state index in [-0.39, 0.29) is 5.84 Å². The predicted octanol–water partition coefficient (Wildman–Crippen LogP) is 2.91. The Kier molecular flexibility index (Phi) is 3.45. The summed E-state index contributed by atoms with van der Waals surface area (Å²) in [5, 5.41) is 17.4. The van der Waals surface area contributed by atoms with E-state index in [2.05, 4.69) is 20.2 Å². The number of azo groups is 1. The minimum Gasteiger partial charge on any atom is -0.384 e. The van der Waals surface area contributed by atoms with E-state index in [1.165, 1.54) is 6.20 Å². The number of fused-ring (bicyclic) bond motifs is 1. The van der Waals surface area contributed by atoms with Crippen molar-refractivity contribution in [1.82, 2.24) is 9.97 Å². The Morgan fingerprint density at radius 2 is 1.82 bits per heavy atom. The third-order valence-corrected chi connectivity index (χ3v) is 3.11. The Labute approximate surface area is 126 Å². The van der Waals surface area contributed by atoms with E-state index in [4.69, 9.17) is 16.9 Å². The zero-order valence-corrected chi connectivity index (χ0v) is 11.6. The number of hydrogen-bond acceptors (Lipinski definition) is 6. The summed E-state index contributed by atoms with van der Waals surface area (Å²) >= 11 is 0. The van der Waals surface area contributed by atoms with Gasteiger partial charge in [0.25, 0.3) is 0 Å². The summed E-state index contributed by atoms with van der Waals surface area (Å²) in [7, 11) is 0. The van der Waals surface area contributed by atoms with Crippen LogP contribution in [0.5, 0.6) is 0 Å². The Hall–Kier alpha value is -3.35. The van der Waals surface area contributed by atoms with Crippen LogP contribution in [0, 0.1) is 5.41 Å². The van der Waals surface area contributed by atoms with E-state index < -0.39 is 0 Å². The van der Waals surface area contributed by atoms with E-state index >= 15 is 0 Å². The number of amidine groups is 1. The summed E-state index contributed by atoms with van der Waals surface area (Å²) in [6, 6.07) is 11.0. The molecular weight excluding hydrogens is 278 g/mol. The summed E-state index contributed by atoms with van der Waals surface area (Å²) in [6.07, 6.45) is 3.17. The summed E-state index contributed by atoms with van der Waals surface area (Å²) < 4.78 is 0. The van der Waals surface area contributed by atoms with E-state index in [0.717, 1.165) is 10.8 Å². The van der Waals surface area contributed by atoms with Gasteiger partial charge in [-0.2, -0.15) is 0 Å². The topological polar surface area (TPSA) is 126 Å². The van der Waals surface area contributed by atoms with Crippen molar-refractivity contribution in [2.45, 2.75) is 0 Å². The van der Waals surface area contributed by atoms with Crippen LogP contribution >= 0.6 is 0 Å². The van der Waals surface area contributed by atoms with Crippen molar-refractivity contribution >= 4 is 33.9 Å². The molecule has 7 heteroatoms. The quantitative estimate of drug-likeness (QED) is 0.389. The highest BCUT2D eigenvalue weighted by atomic mass is 15.2. The van der Waals surface area contributed by atoms with Crippen molar-refractivity contribution in [2.24, 2.45) is 16.0 Å². The molecule has 5 N–H and O–H groups in total. The summed E-state index contributed by atoms with van der Waals surface area (Å²) in [5.74, 6) is 0.665. The monoisotopic (exact) mass is 291 g/mol. The first kappa shape index (κ1) is 13.6. The number of pyridine rings is 2. The van der Waals surface area contributed by atoms with Gasteiger partial charge in [-0.1, -0.05) is 24.3 Å². The normalized spacial score (nSPS) is 11.1. The van der Waals surface area contributed by atoms with Crippen LogP contribution in [-0.2, 0) is 0 Å². The Bertz CT molecular complexity index is 869. The molecule has 0 spiro atoms. The lowest BCUT2D eigenvalue weighted by Crippen LogP contribution is -2.10. The lowest BCUT2D eigenvalue weighted by atomic mass is 10.1. The molecule has 0 aliphatic rings. The van der Waals surface area contributed by atoms with Crippen LogP contribution in [-0.4, -0.2) is 15.8 Å². The van der Waals surface area contributed by atoms with Crippen LogP contribution in [0.2, 0.25) is 0 Å². The number of nitrogens with zero attached hydrogens (tertiary/aromatic N) is 4. The number of nitrogens with one attached hydrogen (secondary N) is 1. The summed E-state index contributed by atoms with van der Waals surface area (Å²) in [4.78, 5) is 8.20. The first-order valence-corrected chi connectivity index (χ1v) is 6.50. The fourth-order valence-electron chi connectivity index (χ4n) is 1.97. The zero-order chi connectivity index (χ0) is 15.5. The van der Waals surface area contributed by atoms with Gasteiger partial charge >= 0.3 is 0 Å². The lowest BCUT2D eigenvalue weighted by Gasteiger charge is -2.03. The van der Waals surface area contributed by atoms with Crippen LogP contribution in [0.15, 0.2) is 59.0 Å². The maximum atomic E-state index is 7.32. The number of rotatable bonds is 3.